The molecule has 0 radical (unpaired) electrons. The average Bonchev–Trinajstić information content (AvgIpc) is 2.87. The van der Waals surface area contributed by atoms with Gasteiger partial charge >= 0.3 is 5.97 Å². The number of carbonyl (C=O) groups excluding carboxylic acids is 2. The Kier molecular flexibility index (Phi) is 9.91. The standard InChI is InChI=1S/C14H19NO2.C13H18N2O/c1-17-14(16)13(11-7-3-2-4-8-11)12-9-5-6-10-15-12;14-13(16)12(10-6-2-1-3-7-10)11-8-4-5-9-15-11/h2-4,7-8,12-13,15H,5-6,9-10H2,1H3;1-3,6-7,11-12,15H,4-5,8-9H2,(H2,14,16). The van der Waals surface area contributed by atoms with Crippen LogP contribution in [-0.4, -0.2) is 44.2 Å². The molecule has 2 aliphatic rings. The molecule has 2 fully saturated rings. The van der Waals surface area contributed by atoms with Crippen molar-refractivity contribution in [1.29, 1.82) is 0 Å². The lowest BCUT2D eigenvalue weighted by atomic mass is 9.86. The van der Waals surface area contributed by atoms with E-state index < -0.39 is 0 Å². The van der Waals surface area contributed by atoms with E-state index in [0.29, 0.717) is 0 Å². The largest absolute Gasteiger partial charge is 0.469 e. The highest BCUT2D eigenvalue weighted by atomic mass is 16.5. The fourth-order valence-electron chi connectivity index (χ4n) is 4.90. The van der Waals surface area contributed by atoms with E-state index in [4.69, 9.17) is 10.5 Å². The van der Waals surface area contributed by atoms with Gasteiger partial charge in [0.1, 0.15) is 0 Å². The van der Waals surface area contributed by atoms with Crippen LogP contribution in [0.5, 0.6) is 0 Å². The molecule has 4 N–H and O–H groups in total. The Hall–Kier alpha value is -2.70. The maximum Gasteiger partial charge on any atom is 0.314 e. The molecule has 2 saturated heterocycles. The molecule has 6 heteroatoms. The van der Waals surface area contributed by atoms with Crippen LogP contribution in [0.2, 0.25) is 0 Å². The van der Waals surface area contributed by atoms with Gasteiger partial charge in [0.2, 0.25) is 5.91 Å². The van der Waals surface area contributed by atoms with Crippen molar-refractivity contribution in [2.24, 2.45) is 5.73 Å². The number of hydrogen-bond acceptors (Lipinski definition) is 5. The third kappa shape index (κ3) is 7.14. The lowest BCUT2D eigenvalue weighted by Gasteiger charge is -2.29. The molecule has 0 spiro atoms. The highest BCUT2D eigenvalue weighted by Crippen LogP contribution is 2.27. The zero-order chi connectivity index (χ0) is 23.5. The van der Waals surface area contributed by atoms with Gasteiger partial charge in [-0.2, -0.15) is 0 Å². The Bertz CT molecular complexity index is 847. The average molecular weight is 452 g/mol. The van der Waals surface area contributed by atoms with Crippen molar-refractivity contribution in [3.05, 3.63) is 71.8 Å². The van der Waals surface area contributed by atoms with Crippen LogP contribution in [0.1, 0.15) is 61.5 Å². The van der Waals surface area contributed by atoms with Crippen LogP contribution in [0.25, 0.3) is 0 Å². The van der Waals surface area contributed by atoms with Gasteiger partial charge in [-0.3, -0.25) is 9.59 Å². The first kappa shape index (κ1) is 24.9. The lowest BCUT2D eigenvalue weighted by molar-refractivity contribution is -0.143. The molecule has 2 aliphatic heterocycles. The summed E-state index contributed by atoms with van der Waals surface area (Å²) in [5.74, 6) is -0.746. The maximum atomic E-state index is 11.9. The van der Waals surface area contributed by atoms with E-state index >= 15 is 0 Å². The maximum absolute atomic E-state index is 11.9. The molecule has 0 aliphatic carbocycles. The second-order valence-corrected chi connectivity index (χ2v) is 8.82. The lowest BCUT2D eigenvalue weighted by Crippen LogP contribution is -2.43. The van der Waals surface area contributed by atoms with Gasteiger partial charge in [-0.1, -0.05) is 73.5 Å². The quantitative estimate of drug-likeness (QED) is 0.585. The van der Waals surface area contributed by atoms with Crippen LogP contribution in [0.15, 0.2) is 60.7 Å². The summed E-state index contributed by atoms with van der Waals surface area (Å²) in [6.07, 6.45) is 6.80. The SMILES string of the molecule is COC(=O)C(c1ccccc1)C1CCCCN1.NC(=O)C(c1ccccc1)C1CCCCN1. The molecule has 0 aromatic heterocycles. The number of ether oxygens (including phenoxy) is 1. The summed E-state index contributed by atoms with van der Waals surface area (Å²) in [7, 11) is 1.46. The number of methoxy groups -OCH3 is 1. The molecule has 4 atom stereocenters. The number of hydrogen-bond donors (Lipinski definition) is 3. The first-order chi connectivity index (χ1) is 16.1. The monoisotopic (exact) mass is 451 g/mol. The zero-order valence-electron chi connectivity index (χ0n) is 19.5. The van der Waals surface area contributed by atoms with E-state index in [2.05, 4.69) is 10.6 Å². The van der Waals surface area contributed by atoms with Crippen LogP contribution >= 0.6 is 0 Å². The summed E-state index contributed by atoms with van der Waals surface area (Å²) in [4.78, 5) is 23.5. The number of rotatable bonds is 6. The van der Waals surface area contributed by atoms with Crippen molar-refractivity contribution in [2.45, 2.75) is 62.4 Å². The second-order valence-electron chi connectivity index (χ2n) is 8.82. The highest BCUT2D eigenvalue weighted by Gasteiger charge is 2.31. The minimum atomic E-state index is -0.231. The fourth-order valence-corrected chi connectivity index (χ4v) is 4.90. The van der Waals surface area contributed by atoms with Gasteiger partial charge in [-0.25, -0.2) is 0 Å². The molecule has 0 saturated carbocycles. The number of amides is 1. The summed E-state index contributed by atoms with van der Waals surface area (Å²) in [5, 5.41) is 6.83. The van der Waals surface area contributed by atoms with Gasteiger partial charge in [-0.05, 0) is 49.9 Å². The number of nitrogens with two attached hydrogens (primary N) is 1. The van der Waals surface area contributed by atoms with Crippen molar-refractivity contribution in [3.8, 4) is 0 Å². The normalized spacial score (nSPS) is 22.2. The zero-order valence-corrected chi connectivity index (χ0v) is 19.5. The molecule has 33 heavy (non-hydrogen) atoms. The molecule has 4 unspecified atom stereocenters. The van der Waals surface area contributed by atoms with Gasteiger partial charge < -0.3 is 21.1 Å². The van der Waals surface area contributed by atoms with Crippen LogP contribution in [0.4, 0.5) is 0 Å². The van der Waals surface area contributed by atoms with Crippen molar-refractivity contribution in [1.82, 2.24) is 10.6 Å². The molecule has 0 bridgehead atoms. The summed E-state index contributed by atoms with van der Waals surface area (Å²) < 4.78 is 4.94. The third-order valence-electron chi connectivity index (χ3n) is 6.58. The predicted molar refractivity (Wildman–Crippen MR) is 131 cm³/mol. The molecule has 6 nitrogen and oxygen atoms in total. The number of primary amides is 1. The topological polar surface area (TPSA) is 93.4 Å². The smallest absolute Gasteiger partial charge is 0.314 e. The fraction of sp³-hybridized carbons (Fsp3) is 0.481. The van der Waals surface area contributed by atoms with Gasteiger partial charge in [0.15, 0.2) is 0 Å². The second kappa shape index (κ2) is 13.1. The number of piperidine rings is 2. The first-order valence-electron chi connectivity index (χ1n) is 12.1. The highest BCUT2D eigenvalue weighted by molar-refractivity contribution is 5.82. The van der Waals surface area contributed by atoms with Crippen LogP contribution < -0.4 is 16.4 Å². The number of esters is 1. The summed E-state index contributed by atoms with van der Waals surface area (Å²) >= 11 is 0. The van der Waals surface area contributed by atoms with Crippen LogP contribution in [-0.2, 0) is 14.3 Å². The molecule has 178 valence electrons. The molecule has 2 heterocycles. The Morgan fingerprint density at radius 1 is 0.788 bits per heavy atom. The van der Waals surface area contributed by atoms with Crippen LogP contribution in [0.3, 0.4) is 0 Å². The Labute approximate surface area is 197 Å². The van der Waals surface area contributed by atoms with Gasteiger partial charge in [0.05, 0.1) is 18.9 Å². The Balaban J connectivity index is 0.000000186. The van der Waals surface area contributed by atoms with E-state index in [1.165, 1.54) is 32.8 Å². The molecular weight excluding hydrogens is 414 g/mol. The van der Waals surface area contributed by atoms with Gasteiger partial charge in [0, 0.05) is 12.1 Å². The first-order valence-corrected chi connectivity index (χ1v) is 12.1. The Morgan fingerprint density at radius 3 is 1.64 bits per heavy atom. The molecular formula is C27H37N3O3. The minimum absolute atomic E-state index is 0.143. The van der Waals surface area contributed by atoms with Gasteiger partial charge in [-0.15, -0.1) is 0 Å². The molecule has 2 aromatic rings. The minimum Gasteiger partial charge on any atom is -0.469 e. The molecule has 2 aromatic carbocycles. The van der Waals surface area contributed by atoms with Crippen molar-refractivity contribution in [2.75, 3.05) is 20.2 Å². The number of benzene rings is 2. The number of nitrogens with one attached hydrogen (secondary N) is 2. The van der Waals surface area contributed by atoms with Crippen molar-refractivity contribution in [3.63, 3.8) is 0 Å². The van der Waals surface area contributed by atoms with Gasteiger partial charge in [0.25, 0.3) is 0 Å². The predicted octanol–water partition coefficient (Wildman–Crippen LogP) is 3.48. The summed E-state index contributed by atoms with van der Waals surface area (Å²) in [6, 6.07) is 20.1. The van der Waals surface area contributed by atoms with E-state index in [0.717, 1.165) is 37.1 Å². The number of carbonyl (C=O) groups is 2. The molecule has 4 rings (SSSR count). The summed E-state index contributed by atoms with van der Waals surface area (Å²) in [6.45, 7) is 1.98. The summed E-state index contributed by atoms with van der Waals surface area (Å²) in [5.41, 5.74) is 7.58. The van der Waals surface area contributed by atoms with Crippen LogP contribution in [0, 0.1) is 0 Å². The van der Waals surface area contributed by atoms with Crippen molar-refractivity contribution >= 4 is 11.9 Å². The van der Waals surface area contributed by atoms with E-state index in [9.17, 15) is 9.59 Å². The van der Waals surface area contributed by atoms with E-state index in [1.807, 2.05) is 60.7 Å². The van der Waals surface area contributed by atoms with E-state index in [1.54, 1.807) is 0 Å². The molecule has 1 amide bonds. The Morgan fingerprint density at radius 2 is 1.24 bits per heavy atom. The van der Waals surface area contributed by atoms with E-state index in [-0.39, 0.29) is 35.8 Å². The third-order valence-corrected chi connectivity index (χ3v) is 6.58. The van der Waals surface area contributed by atoms with Crippen molar-refractivity contribution < 1.29 is 14.3 Å².